The van der Waals surface area contributed by atoms with Gasteiger partial charge in [0.25, 0.3) is 0 Å². The Morgan fingerprint density at radius 3 is 2.50 bits per heavy atom. The fraction of sp³-hybridized carbons (Fsp3) is 0.300. The molecule has 0 aliphatic rings. The number of allylic oxidation sites excluding steroid dienone is 1. The SMILES string of the molecule is C=C/C(=C\C)COC(=O)C(=C)C. The summed E-state index contributed by atoms with van der Waals surface area (Å²) in [5.41, 5.74) is 1.30. The Morgan fingerprint density at radius 1 is 1.58 bits per heavy atom. The van der Waals surface area contributed by atoms with E-state index in [-0.39, 0.29) is 12.6 Å². The molecule has 0 saturated carbocycles. The van der Waals surface area contributed by atoms with Crippen LogP contribution in [0.25, 0.3) is 0 Å². The molecule has 0 saturated heterocycles. The number of hydrogen-bond donors (Lipinski definition) is 0. The Hall–Kier alpha value is -1.31. The Morgan fingerprint density at radius 2 is 2.17 bits per heavy atom. The van der Waals surface area contributed by atoms with Crippen LogP contribution in [0.4, 0.5) is 0 Å². The highest BCUT2D eigenvalue weighted by molar-refractivity contribution is 5.87. The molecule has 0 aromatic carbocycles. The van der Waals surface area contributed by atoms with Gasteiger partial charge >= 0.3 is 5.97 Å². The van der Waals surface area contributed by atoms with Crippen molar-refractivity contribution in [2.24, 2.45) is 0 Å². The van der Waals surface area contributed by atoms with Crippen LogP contribution >= 0.6 is 0 Å². The van der Waals surface area contributed by atoms with Gasteiger partial charge in [-0.1, -0.05) is 25.3 Å². The van der Waals surface area contributed by atoms with Crippen molar-refractivity contribution in [3.63, 3.8) is 0 Å². The highest BCUT2D eigenvalue weighted by Gasteiger charge is 2.02. The molecule has 12 heavy (non-hydrogen) atoms. The van der Waals surface area contributed by atoms with Crippen LogP contribution in [0.5, 0.6) is 0 Å². The molecule has 0 bridgehead atoms. The molecule has 0 heterocycles. The van der Waals surface area contributed by atoms with Crippen molar-refractivity contribution >= 4 is 5.97 Å². The van der Waals surface area contributed by atoms with E-state index in [0.29, 0.717) is 5.57 Å². The number of hydrogen-bond acceptors (Lipinski definition) is 2. The van der Waals surface area contributed by atoms with E-state index in [0.717, 1.165) is 5.57 Å². The lowest BCUT2D eigenvalue weighted by atomic mass is 10.3. The topological polar surface area (TPSA) is 26.3 Å². The van der Waals surface area contributed by atoms with Gasteiger partial charge < -0.3 is 4.74 Å². The first kappa shape index (κ1) is 10.7. The Labute approximate surface area is 73.2 Å². The third-order valence-corrected chi connectivity index (χ3v) is 1.35. The molecule has 0 unspecified atom stereocenters. The number of carbonyl (C=O) groups excluding carboxylic acids is 1. The van der Waals surface area contributed by atoms with E-state index in [1.165, 1.54) is 0 Å². The summed E-state index contributed by atoms with van der Waals surface area (Å²) < 4.78 is 4.87. The van der Waals surface area contributed by atoms with Crippen molar-refractivity contribution in [1.29, 1.82) is 0 Å². The molecule has 0 radical (unpaired) electrons. The van der Waals surface area contributed by atoms with E-state index in [1.54, 1.807) is 13.0 Å². The molecule has 0 aromatic rings. The van der Waals surface area contributed by atoms with Crippen LogP contribution < -0.4 is 0 Å². The number of carbonyl (C=O) groups is 1. The van der Waals surface area contributed by atoms with Gasteiger partial charge in [0.05, 0.1) is 0 Å². The van der Waals surface area contributed by atoms with Gasteiger partial charge in [0.2, 0.25) is 0 Å². The first-order valence-corrected chi connectivity index (χ1v) is 3.72. The molecule has 66 valence electrons. The molecule has 0 rings (SSSR count). The van der Waals surface area contributed by atoms with Crippen LogP contribution in [0.2, 0.25) is 0 Å². The summed E-state index contributed by atoms with van der Waals surface area (Å²) in [4.78, 5) is 10.9. The van der Waals surface area contributed by atoms with Gasteiger partial charge in [-0.2, -0.15) is 0 Å². The quantitative estimate of drug-likeness (QED) is 0.363. The number of ether oxygens (including phenoxy) is 1. The van der Waals surface area contributed by atoms with Gasteiger partial charge in [0.15, 0.2) is 0 Å². The first-order valence-electron chi connectivity index (χ1n) is 3.72. The third kappa shape index (κ3) is 3.76. The second-order valence-corrected chi connectivity index (χ2v) is 2.42. The first-order chi connectivity index (χ1) is 5.61. The van der Waals surface area contributed by atoms with Crippen molar-refractivity contribution in [1.82, 2.24) is 0 Å². The normalized spacial score (nSPS) is 10.7. The Kier molecular flexibility index (Phi) is 4.77. The molecular formula is C10H14O2. The van der Waals surface area contributed by atoms with Crippen LogP contribution in [0.15, 0.2) is 36.5 Å². The van der Waals surface area contributed by atoms with E-state index in [4.69, 9.17) is 4.74 Å². The molecule has 0 amide bonds. The fourth-order valence-corrected chi connectivity index (χ4v) is 0.532. The fourth-order valence-electron chi connectivity index (χ4n) is 0.532. The summed E-state index contributed by atoms with van der Waals surface area (Å²) in [7, 11) is 0. The lowest BCUT2D eigenvalue weighted by Crippen LogP contribution is -2.06. The number of rotatable bonds is 4. The standard InChI is InChI=1S/C10H14O2/c1-5-9(6-2)7-12-10(11)8(3)4/h5-6H,1,3,7H2,2,4H3/b9-6+. The maximum Gasteiger partial charge on any atom is 0.333 e. The molecule has 0 aromatic heterocycles. The summed E-state index contributed by atoms with van der Waals surface area (Å²) >= 11 is 0. The van der Waals surface area contributed by atoms with Crippen LogP contribution in [0.1, 0.15) is 13.8 Å². The maximum atomic E-state index is 10.9. The zero-order valence-corrected chi connectivity index (χ0v) is 7.59. The number of esters is 1. The van der Waals surface area contributed by atoms with E-state index >= 15 is 0 Å². The van der Waals surface area contributed by atoms with Crippen LogP contribution in [-0.4, -0.2) is 12.6 Å². The summed E-state index contributed by atoms with van der Waals surface area (Å²) in [5.74, 6) is -0.365. The van der Waals surface area contributed by atoms with Crippen LogP contribution in [0.3, 0.4) is 0 Å². The maximum absolute atomic E-state index is 10.9. The van der Waals surface area contributed by atoms with E-state index < -0.39 is 0 Å². The second kappa shape index (κ2) is 5.35. The van der Waals surface area contributed by atoms with Gasteiger partial charge in [0, 0.05) is 5.57 Å². The average molecular weight is 166 g/mol. The van der Waals surface area contributed by atoms with Crippen molar-refractivity contribution < 1.29 is 9.53 Å². The van der Waals surface area contributed by atoms with Crippen molar-refractivity contribution in [3.05, 3.63) is 36.5 Å². The molecule has 0 N–H and O–H groups in total. The minimum absolute atomic E-state index is 0.270. The van der Waals surface area contributed by atoms with Crippen molar-refractivity contribution in [2.45, 2.75) is 13.8 Å². The van der Waals surface area contributed by atoms with E-state index in [9.17, 15) is 4.79 Å². The molecule has 0 aliphatic carbocycles. The molecule has 0 spiro atoms. The third-order valence-electron chi connectivity index (χ3n) is 1.35. The summed E-state index contributed by atoms with van der Waals surface area (Å²) in [6.07, 6.45) is 3.50. The zero-order valence-electron chi connectivity index (χ0n) is 7.59. The monoisotopic (exact) mass is 166 g/mol. The summed E-state index contributed by atoms with van der Waals surface area (Å²) in [5, 5.41) is 0. The van der Waals surface area contributed by atoms with Gasteiger partial charge in [-0.05, 0) is 19.4 Å². The highest BCUT2D eigenvalue weighted by atomic mass is 16.5. The van der Waals surface area contributed by atoms with Crippen molar-refractivity contribution in [2.75, 3.05) is 6.61 Å². The molecular weight excluding hydrogens is 152 g/mol. The van der Waals surface area contributed by atoms with Crippen molar-refractivity contribution in [3.8, 4) is 0 Å². The molecule has 2 nitrogen and oxygen atoms in total. The minimum Gasteiger partial charge on any atom is -0.457 e. The van der Waals surface area contributed by atoms with Gasteiger partial charge in [-0.15, -0.1) is 0 Å². The van der Waals surface area contributed by atoms with E-state index in [2.05, 4.69) is 13.2 Å². The lowest BCUT2D eigenvalue weighted by Gasteiger charge is -2.03. The molecule has 0 aliphatic heterocycles. The summed E-state index contributed by atoms with van der Waals surface area (Å²) in [6.45, 7) is 10.8. The highest BCUT2D eigenvalue weighted by Crippen LogP contribution is 1.99. The predicted octanol–water partition coefficient (Wildman–Crippen LogP) is 2.24. The summed E-state index contributed by atoms with van der Waals surface area (Å²) in [6, 6.07) is 0. The molecule has 0 fully saturated rings. The average Bonchev–Trinajstić information content (AvgIpc) is 2.05. The molecule has 0 atom stereocenters. The van der Waals surface area contributed by atoms with Gasteiger partial charge in [0.1, 0.15) is 6.61 Å². The van der Waals surface area contributed by atoms with Crippen LogP contribution in [0, 0.1) is 0 Å². The van der Waals surface area contributed by atoms with Gasteiger partial charge in [-0.3, -0.25) is 0 Å². The molecule has 2 heteroatoms. The Bertz CT molecular complexity index is 224. The van der Waals surface area contributed by atoms with E-state index in [1.807, 2.05) is 13.0 Å². The zero-order chi connectivity index (χ0) is 9.56. The van der Waals surface area contributed by atoms with Gasteiger partial charge in [-0.25, -0.2) is 4.79 Å². The van der Waals surface area contributed by atoms with Crippen LogP contribution in [-0.2, 0) is 9.53 Å². The largest absolute Gasteiger partial charge is 0.457 e. The lowest BCUT2D eigenvalue weighted by molar-refractivity contribution is -0.137. The second-order valence-electron chi connectivity index (χ2n) is 2.42. The Balaban J connectivity index is 3.91. The minimum atomic E-state index is -0.365. The predicted molar refractivity (Wildman–Crippen MR) is 49.7 cm³/mol. The smallest absolute Gasteiger partial charge is 0.333 e.